The number of carbonyl (C=O) groups is 1. The summed E-state index contributed by atoms with van der Waals surface area (Å²) in [5, 5.41) is 0. The minimum absolute atomic E-state index is 0.0954. The lowest BCUT2D eigenvalue weighted by Gasteiger charge is -2.12. The molecule has 3 aromatic rings. The van der Waals surface area contributed by atoms with Gasteiger partial charge in [0.2, 0.25) is 10.0 Å². The molecule has 0 saturated heterocycles. The first-order chi connectivity index (χ1) is 13.5. The Morgan fingerprint density at radius 2 is 1.96 bits per heavy atom. The third-order valence-electron chi connectivity index (χ3n) is 4.16. The fourth-order valence-electron chi connectivity index (χ4n) is 2.81. The van der Waals surface area contributed by atoms with Crippen LogP contribution in [0.3, 0.4) is 0 Å². The van der Waals surface area contributed by atoms with Crippen LogP contribution < -0.4 is 5.73 Å². The zero-order valence-corrected chi connectivity index (χ0v) is 15.6. The average molecular weight is 399 g/mol. The van der Waals surface area contributed by atoms with Crippen molar-refractivity contribution in [3.63, 3.8) is 0 Å². The number of aldehydes is 1. The van der Waals surface area contributed by atoms with Gasteiger partial charge in [0.25, 0.3) is 0 Å². The number of carbonyl (C=O) groups excluding carboxylic acids is 1. The number of rotatable bonds is 7. The van der Waals surface area contributed by atoms with E-state index in [1.165, 1.54) is 6.08 Å². The van der Waals surface area contributed by atoms with Crippen LogP contribution in [-0.4, -0.2) is 29.4 Å². The SMILES string of the molecule is NCc1ccccc1-c1c(F)c(C=O)cn1S(=O)(=O)CC=Cc1cccnc1. The Morgan fingerprint density at radius 3 is 2.64 bits per heavy atom. The molecule has 8 heteroatoms. The molecule has 0 bridgehead atoms. The number of aromatic nitrogens is 2. The highest BCUT2D eigenvalue weighted by Gasteiger charge is 2.25. The molecule has 0 radical (unpaired) electrons. The first-order valence-corrected chi connectivity index (χ1v) is 10.0. The number of pyridine rings is 1. The first kappa shape index (κ1) is 19.7. The van der Waals surface area contributed by atoms with Gasteiger partial charge in [0.05, 0.1) is 11.3 Å². The van der Waals surface area contributed by atoms with Crippen molar-refractivity contribution in [2.45, 2.75) is 6.54 Å². The van der Waals surface area contributed by atoms with Gasteiger partial charge >= 0.3 is 0 Å². The van der Waals surface area contributed by atoms with E-state index in [0.717, 1.165) is 15.7 Å². The van der Waals surface area contributed by atoms with E-state index in [0.29, 0.717) is 17.4 Å². The van der Waals surface area contributed by atoms with Gasteiger partial charge in [-0.15, -0.1) is 0 Å². The Balaban J connectivity index is 2.06. The highest BCUT2D eigenvalue weighted by atomic mass is 32.2. The van der Waals surface area contributed by atoms with Gasteiger partial charge in [-0.05, 0) is 17.2 Å². The third-order valence-corrected chi connectivity index (χ3v) is 5.66. The lowest BCUT2D eigenvalue weighted by molar-refractivity contribution is 0.112. The molecule has 0 fully saturated rings. The second-order valence-electron chi connectivity index (χ2n) is 5.99. The first-order valence-electron chi connectivity index (χ1n) is 8.42. The zero-order chi connectivity index (χ0) is 20.1. The Labute approximate surface area is 162 Å². The maximum absolute atomic E-state index is 14.8. The van der Waals surface area contributed by atoms with Crippen LogP contribution in [0.15, 0.2) is 61.1 Å². The number of hydrogen-bond acceptors (Lipinski definition) is 5. The van der Waals surface area contributed by atoms with E-state index in [2.05, 4.69) is 4.98 Å². The van der Waals surface area contributed by atoms with Crippen LogP contribution >= 0.6 is 0 Å². The van der Waals surface area contributed by atoms with E-state index in [1.807, 2.05) is 0 Å². The molecule has 0 saturated carbocycles. The van der Waals surface area contributed by atoms with E-state index in [4.69, 9.17) is 5.73 Å². The Bertz CT molecular complexity index is 1120. The highest BCUT2D eigenvalue weighted by Crippen LogP contribution is 2.30. The summed E-state index contributed by atoms with van der Waals surface area (Å²) in [7, 11) is -3.98. The second kappa shape index (κ2) is 8.28. The molecule has 0 atom stereocenters. The number of halogens is 1. The summed E-state index contributed by atoms with van der Waals surface area (Å²) >= 11 is 0. The number of hydrogen-bond donors (Lipinski definition) is 1. The molecule has 0 aliphatic heterocycles. The predicted octanol–water partition coefficient (Wildman–Crippen LogP) is 2.85. The molecule has 1 aromatic carbocycles. The van der Waals surface area contributed by atoms with Crippen LogP contribution in [-0.2, 0) is 16.6 Å². The van der Waals surface area contributed by atoms with Crippen molar-refractivity contribution in [1.29, 1.82) is 0 Å². The van der Waals surface area contributed by atoms with Gasteiger partial charge in [0.1, 0.15) is 5.69 Å². The maximum Gasteiger partial charge on any atom is 0.242 e. The molecule has 0 spiro atoms. The normalized spacial score (nSPS) is 11.8. The van der Waals surface area contributed by atoms with E-state index >= 15 is 0 Å². The molecule has 28 heavy (non-hydrogen) atoms. The molecule has 144 valence electrons. The van der Waals surface area contributed by atoms with Crippen molar-refractivity contribution in [2.24, 2.45) is 5.73 Å². The summed E-state index contributed by atoms with van der Waals surface area (Å²) in [6.45, 7) is 0.0954. The van der Waals surface area contributed by atoms with E-state index < -0.39 is 15.8 Å². The van der Waals surface area contributed by atoms with Crippen LogP contribution in [0.1, 0.15) is 21.5 Å². The smallest absolute Gasteiger partial charge is 0.242 e. The van der Waals surface area contributed by atoms with Crippen molar-refractivity contribution < 1.29 is 17.6 Å². The summed E-state index contributed by atoms with van der Waals surface area (Å²) in [6, 6.07) is 10.1. The van der Waals surface area contributed by atoms with Gasteiger partial charge in [-0.1, -0.05) is 42.5 Å². The number of nitrogens with two attached hydrogens (primary N) is 1. The quantitative estimate of drug-likeness (QED) is 0.617. The van der Waals surface area contributed by atoms with Crippen LogP contribution in [0.2, 0.25) is 0 Å². The van der Waals surface area contributed by atoms with Gasteiger partial charge in [-0.25, -0.2) is 16.8 Å². The van der Waals surface area contributed by atoms with Gasteiger partial charge in [0, 0.05) is 30.7 Å². The molecule has 0 unspecified atom stereocenters. The third kappa shape index (κ3) is 3.92. The fourth-order valence-corrected chi connectivity index (χ4v) is 4.04. The second-order valence-corrected chi connectivity index (χ2v) is 7.88. The van der Waals surface area contributed by atoms with Crippen molar-refractivity contribution >= 4 is 22.4 Å². The highest BCUT2D eigenvalue weighted by molar-refractivity contribution is 7.90. The Hall–Kier alpha value is -3.10. The minimum atomic E-state index is -3.98. The van der Waals surface area contributed by atoms with Crippen molar-refractivity contribution in [3.05, 3.63) is 83.6 Å². The molecule has 2 N–H and O–H groups in total. The van der Waals surface area contributed by atoms with Gasteiger partial charge in [0.15, 0.2) is 12.1 Å². The van der Waals surface area contributed by atoms with Crippen molar-refractivity contribution in [2.75, 3.05) is 5.75 Å². The lowest BCUT2D eigenvalue weighted by Crippen LogP contribution is -2.16. The molecule has 0 aliphatic carbocycles. The average Bonchev–Trinajstić information content (AvgIpc) is 3.05. The van der Waals surface area contributed by atoms with Crippen molar-refractivity contribution in [3.8, 4) is 11.3 Å². The lowest BCUT2D eigenvalue weighted by atomic mass is 10.0. The summed E-state index contributed by atoms with van der Waals surface area (Å²) < 4.78 is 41.4. The maximum atomic E-state index is 14.8. The number of benzene rings is 1. The molecule has 6 nitrogen and oxygen atoms in total. The topological polar surface area (TPSA) is 95.0 Å². The summed E-state index contributed by atoms with van der Waals surface area (Å²) in [4.78, 5) is 15.2. The zero-order valence-electron chi connectivity index (χ0n) is 14.8. The van der Waals surface area contributed by atoms with E-state index in [9.17, 15) is 17.6 Å². The molecule has 0 amide bonds. The molecular weight excluding hydrogens is 381 g/mol. The standard InChI is InChI=1S/C20H18FN3O3S/c21-19-17(14-25)13-24(20(19)18-8-2-1-7-16(18)11-22)28(26,27)10-4-6-15-5-3-9-23-12-15/h1-9,12-14H,10-11,22H2. The molecule has 2 heterocycles. The van der Waals surface area contributed by atoms with Crippen molar-refractivity contribution in [1.82, 2.24) is 8.96 Å². The van der Waals surface area contributed by atoms with Crippen LogP contribution in [0, 0.1) is 5.82 Å². The van der Waals surface area contributed by atoms with Crippen LogP contribution in [0.4, 0.5) is 4.39 Å². The Kier molecular flexibility index (Phi) is 5.81. The molecule has 3 rings (SSSR count). The van der Waals surface area contributed by atoms with E-state index in [1.54, 1.807) is 54.9 Å². The summed E-state index contributed by atoms with van der Waals surface area (Å²) in [5.41, 5.74) is 6.82. The summed E-state index contributed by atoms with van der Waals surface area (Å²) in [5.74, 6) is -1.28. The monoisotopic (exact) mass is 399 g/mol. The van der Waals surface area contributed by atoms with Crippen LogP contribution in [0.5, 0.6) is 0 Å². The molecule has 2 aromatic heterocycles. The molecular formula is C20H18FN3O3S. The van der Waals surface area contributed by atoms with E-state index in [-0.39, 0.29) is 23.6 Å². The minimum Gasteiger partial charge on any atom is -0.326 e. The Morgan fingerprint density at radius 1 is 1.18 bits per heavy atom. The van der Waals surface area contributed by atoms with Crippen LogP contribution in [0.25, 0.3) is 17.3 Å². The fraction of sp³-hybridized carbons (Fsp3) is 0.100. The van der Waals surface area contributed by atoms with Gasteiger partial charge in [-0.2, -0.15) is 0 Å². The largest absolute Gasteiger partial charge is 0.326 e. The predicted molar refractivity (Wildman–Crippen MR) is 106 cm³/mol. The molecule has 0 aliphatic rings. The number of nitrogens with zero attached hydrogens (tertiary/aromatic N) is 2. The van der Waals surface area contributed by atoms with Gasteiger partial charge < -0.3 is 5.73 Å². The summed E-state index contributed by atoms with van der Waals surface area (Å²) in [6.07, 6.45) is 7.55. The van der Waals surface area contributed by atoms with Gasteiger partial charge in [-0.3, -0.25) is 9.78 Å².